The first-order chi connectivity index (χ1) is 22.2. The summed E-state index contributed by atoms with van der Waals surface area (Å²) in [6.07, 6.45) is 6.07. The van der Waals surface area contributed by atoms with Crippen LogP contribution in [0.3, 0.4) is 0 Å². The average molecular weight is 638 g/mol. The molecule has 3 saturated heterocycles. The summed E-state index contributed by atoms with van der Waals surface area (Å²) < 4.78 is 12.7. The van der Waals surface area contributed by atoms with Gasteiger partial charge in [0.2, 0.25) is 17.7 Å². The molecule has 3 aliphatic rings. The lowest BCUT2D eigenvalue weighted by molar-refractivity contribution is -0.161. The van der Waals surface area contributed by atoms with Crippen LogP contribution in [0.15, 0.2) is 55.6 Å². The Morgan fingerprint density at radius 2 is 1.96 bits per heavy atom. The number of hydrogen-bond donors (Lipinski definition) is 2. The zero-order chi connectivity index (χ0) is 33.4. The fraction of sp³-hybridized carbons (Fsp3) is 0.611. The average Bonchev–Trinajstić information content (AvgIpc) is 3.71. The van der Waals surface area contributed by atoms with E-state index in [1.165, 1.54) is 0 Å². The molecule has 8 atom stereocenters. The molecule has 0 unspecified atom stereocenters. The zero-order valence-corrected chi connectivity index (χ0v) is 27.6. The maximum atomic E-state index is 14.6. The van der Waals surface area contributed by atoms with Gasteiger partial charge >= 0.3 is 5.97 Å². The van der Waals surface area contributed by atoms with Crippen molar-refractivity contribution < 1.29 is 33.8 Å². The topological polar surface area (TPSA) is 125 Å². The first kappa shape index (κ1) is 35.4. The molecule has 3 aliphatic heterocycles. The first-order valence-electron chi connectivity index (χ1n) is 16.8. The summed E-state index contributed by atoms with van der Waals surface area (Å²) in [4.78, 5) is 58.9. The third-order valence-electron chi connectivity index (χ3n) is 10.0. The van der Waals surface area contributed by atoms with Gasteiger partial charge in [0.15, 0.2) is 0 Å². The van der Waals surface area contributed by atoms with E-state index in [1.54, 1.807) is 22.0 Å². The number of ether oxygens (including phenoxy) is 2. The smallest absolute Gasteiger partial charge is 0.313 e. The predicted octanol–water partition coefficient (Wildman–Crippen LogP) is 3.95. The van der Waals surface area contributed by atoms with Crippen LogP contribution >= 0.6 is 0 Å². The van der Waals surface area contributed by atoms with Crippen LogP contribution < -0.4 is 5.32 Å². The molecule has 1 aromatic rings. The summed E-state index contributed by atoms with van der Waals surface area (Å²) in [7, 11) is 0. The minimum atomic E-state index is -1.21. The van der Waals surface area contributed by atoms with Crippen molar-refractivity contribution in [2.45, 2.75) is 95.6 Å². The van der Waals surface area contributed by atoms with Crippen molar-refractivity contribution in [3.05, 3.63) is 61.2 Å². The molecular weight excluding hydrogens is 586 g/mol. The maximum Gasteiger partial charge on any atom is 0.313 e. The fourth-order valence-electron chi connectivity index (χ4n) is 7.42. The van der Waals surface area contributed by atoms with E-state index in [0.29, 0.717) is 44.3 Å². The largest absolute Gasteiger partial charge is 0.455 e. The van der Waals surface area contributed by atoms with Crippen LogP contribution in [0.2, 0.25) is 0 Å². The number of aliphatic hydroxyl groups excluding tert-OH is 1. The van der Waals surface area contributed by atoms with Crippen molar-refractivity contribution >= 4 is 23.7 Å². The molecule has 1 spiro atoms. The van der Waals surface area contributed by atoms with Gasteiger partial charge in [-0.05, 0) is 37.2 Å². The lowest BCUT2D eigenvalue weighted by Gasteiger charge is -2.41. The molecule has 3 heterocycles. The molecule has 2 N–H and O–H groups in total. The van der Waals surface area contributed by atoms with Crippen LogP contribution in [0.5, 0.6) is 0 Å². The SMILES string of the molecule is C=CCCC(=O)NC[C@H](OC(=O)[C@@H]1[C@@H]2CC[C@]3(O2)[C@H](C(=O)N(CC=C)CCCC)N([C@@H](CO)[C@@H](C)CC)C(=O)[C@@H]13)c1ccccc1. The number of aliphatic hydroxyl groups is 1. The van der Waals surface area contributed by atoms with Gasteiger partial charge in [-0.3, -0.25) is 19.2 Å². The molecule has 3 fully saturated rings. The van der Waals surface area contributed by atoms with E-state index in [9.17, 15) is 24.3 Å². The molecule has 10 heteroatoms. The Kier molecular flexibility index (Phi) is 12.2. The van der Waals surface area contributed by atoms with Crippen LogP contribution in [0.4, 0.5) is 0 Å². The van der Waals surface area contributed by atoms with Crippen LogP contribution in [-0.4, -0.2) is 88.6 Å². The molecule has 252 valence electrons. The number of allylic oxidation sites excluding steroid dienone is 1. The fourth-order valence-corrected chi connectivity index (χ4v) is 7.42. The Balaban J connectivity index is 1.68. The normalized spacial score (nSPS) is 26.6. The minimum Gasteiger partial charge on any atom is -0.455 e. The molecule has 3 amide bonds. The number of unbranched alkanes of at least 4 members (excludes halogenated alkanes) is 1. The Hall–Kier alpha value is -3.50. The number of carbonyl (C=O) groups excluding carboxylic acids is 4. The Morgan fingerprint density at radius 3 is 2.59 bits per heavy atom. The number of amides is 3. The Bertz CT molecular complexity index is 1260. The molecule has 1 aromatic carbocycles. The van der Waals surface area contributed by atoms with Gasteiger partial charge in [0.25, 0.3) is 0 Å². The first-order valence-corrected chi connectivity index (χ1v) is 16.8. The van der Waals surface area contributed by atoms with Crippen LogP contribution in [0, 0.1) is 17.8 Å². The summed E-state index contributed by atoms with van der Waals surface area (Å²) in [6, 6.07) is 7.56. The van der Waals surface area contributed by atoms with Gasteiger partial charge in [-0.25, -0.2) is 0 Å². The number of likely N-dealkylation sites (tertiary alicyclic amines) is 1. The molecule has 10 nitrogen and oxygen atoms in total. The number of carbonyl (C=O) groups is 4. The molecule has 4 rings (SSSR count). The second-order valence-electron chi connectivity index (χ2n) is 12.8. The Labute approximate surface area is 273 Å². The van der Waals surface area contributed by atoms with E-state index in [4.69, 9.17) is 9.47 Å². The van der Waals surface area contributed by atoms with Crippen LogP contribution in [0.25, 0.3) is 0 Å². The van der Waals surface area contributed by atoms with E-state index < -0.39 is 47.7 Å². The van der Waals surface area contributed by atoms with E-state index >= 15 is 0 Å². The standard InChI is InChI=1S/C36H51N3O7/c1-6-10-17-29(41)37-22-28(25-15-13-12-14-16-25)45-35(44)30-27-18-19-36(46-27)31(30)33(42)39(26(23-40)24(5)9-4)32(36)34(43)38(20-8-3)21-11-7-2/h6,8,12-16,24,26-28,30-32,40H,1,3,7,9-11,17-23H2,2,4-5H3,(H,37,41)/t24-,26-,27-,28-,30+,31+,32-,36+/m0/s1. The minimum absolute atomic E-state index is 0.0650. The highest BCUT2D eigenvalue weighted by Crippen LogP contribution is 2.59. The third-order valence-corrected chi connectivity index (χ3v) is 10.0. The summed E-state index contributed by atoms with van der Waals surface area (Å²) in [5.74, 6) is -3.34. The maximum absolute atomic E-state index is 14.6. The van der Waals surface area contributed by atoms with Gasteiger partial charge in [-0.2, -0.15) is 0 Å². The second kappa shape index (κ2) is 15.9. The molecule has 0 radical (unpaired) electrons. The molecular formula is C36H51N3O7. The van der Waals surface area contributed by atoms with Crippen molar-refractivity contribution in [3.63, 3.8) is 0 Å². The monoisotopic (exact) mass is 637 g/mol. The zero-order valence-electron chi connectivity index (χ0n) is 27.6. The number of nitrogens with one attached hydrogen (secondary N) is 1. The number of esters is 1. The lowest BCUT2D eigenvalue weighted by Crippen LogP contribution is -2.59. The lowest BCUT2D eigenvalue weighted by atomic mass is 9.70. The van der Waals surface area contributed by atoms with E-state index in [0.717, 1.165) is 12.8 Å². The van der Waals surface area contributed by atoms with Crippen molar-refractivity contribution in [1.82, 2.24) is 15.1 Å². The van der Waals surface area contributed by atoms with E-state index in [-0.39, 0.29) is 43.2 Å². The van der Waals surface area contributed by atoms with Crippen molar-refractivity contribution in [1.29, 1.82) is 0 Å². The van der Waals surface area contributed by atoms with Crippen molar-refractivity contribution in [2.24, 2.45) is 17.8 Å². The highest BCUT2D eigenvalue weighted by atomic mass is 16.6. The van der Waals surface area contributed by atoms with Gasteiger partial charge in [-0.1, -0.05) is 76.1 Å². The van der Waals surface area contributed by atoms with Crippen molar-refractivity contribution in [3.8, 4) is 0 Å². The number of benzene rings is 1. The van der Waals surface area contributed by atoms with E-state index in [1.807, 2.05) is 44.2 Å². The number of rotatable bonds is 18. The third kappa shape index (κ3) is 6.93. The predicted molar refractivity (Wildman–Crippen MR) is 174 cm³/mol. The molecule has 0 saturated carbocycles. The van der Waals surface area contributed by atoms with E-state index in [2.05, 4.69) is 25.4 Å². The number of nitrogens with zero attached hydrogens (tertiary/aromatic N) is 2. The summed E-state index contributed by atoms with van der Waals surface area (Å²) >= 11 is 0. The second-order valence-corrected chi connectivity index (χ2v) is 12.8. The Morgan fingerprint density at radius 1 is 1.22 bits per heavy atom. The number of fused-ring (bicyclic) bond motifs is 1. The van der Waals surface area contributed by atoms with Crippen LogP contribution in [0.1, 0.15) is 77.4 Å². The number of hydrogen-bond acceptors (Lipinski definition) is 7. The van der Waals surface area contributed by atoms with Crippen molar-refractivity contribution in [2.75, 3.05) is 26.2 Å². The summed E-state index contributed by atoms with van der Waals surface area (Å²) in [5.41, 5.74) is -0.505. The van der Waals surface area contributed by atoms with Gasteiger partial charge in [0, 0.05) is 19.5 Å². The summed E-state index contributed by atoms with van der Waals surface area (Å²) in [5, 5.41) is 13.4. The quantitative estimate of drug-likeness (QED) is 0.185. The van der Waals surface area contributed by atoms with Crippen LogP contribution in [-0.2, 0) is 28.7 Å². The highest BCUT2D eigenvalue weighted by Gasteiger charge is 2.75. The molecule has 0 aliphatic carbocycles. The van der Waals surface area contributed by atoms with Gasteiger partial charge in [0.1, 0.15) is 17.7 Å². The van der Waals surface area contributed by atoms with Gasteiger partial charge < -0.3 is 29.7 Å². The summed E-state index contributed by atoms with van der Waals surface area (Å²) in [6.45, 7) is 14.1. The van der Waals surface area contributed by atoms with Gasteiger partial charge in [-0.15, -0.1) is 13.2 Å². The molecule has 0 aromatic heterocycles. The van der Waals surface area contributed by atoms with Gasteiger partial charge in [0.05, 0.1) is 37.1 Å². The highest BCUT2D eigenvalue weighted by molar-refractivity contribution is 5.98. The molecule has 2 bridgehead atoms. The molecule has 46 heavy (non-hydrogen) atoms.